The van der Waals surface area contributed by atoms with Crippen molar-refractivity contribution in [3.05, 3.63) is 57.6 Å². The molecule has 0 saturated carbocycles. The largest absolute Gasteiger partial charge is 0.256 e. The predicted molar refractivity (Wildman–Crippen MR) is 69.8 cm³/mol. The minimum Gasteiger partial charge on any atom is -0.256 e. The molecular weight excluding hydrogens is 236 g/mol. The average Bonchev–Trinajstić information content (AvgIpc) is 2.36. The maximum absolute atomic E-state index is 8.14. The summed E-state index contributed by atoms with van der Waals surface area (Å²) in [7, 11) is 0. The topological polar surface area (TPSA) is 61.7 Å². The van der Waals surface area contributed by atoms with Crippen LogP contribution in [0.1, 0.15) is 5.56 Å². The SMILES string of the molecule is [N-]=[N+]=NCC=Cc1ccc2nccc(Cl)c2c1. The minimum atomic E-state index is 0.343. The fourth-order valence-electron chi connectivity index (χ4n) is 1.51. The molecule has 0 unspecified atom stereocenters. The second-order valence-corrected chi connectivity index (χ2v) is 3.79. The Morgan fingerprint density at radius 2 is 2.29 bits per heavy atom. The molecule has 0 N–H and O–H groups in total. The van der Waals surface area contributed by atoms with Crippen LogP contribution in [0.2, 0.25) is 5.02 Å². The zero-order valence-corrected chi connectivity index (χ0v) is 9.67. The van der Waals surface area contributed by atoms with Crippen molar-refractivity contribution in [3.63, 3.8) is 0 Å². The number of halogens is 1. The van der Waals surface area contributed by atoms with Gasteiger partial charge < -0.3 is 0 Å². The molecule has 0 radical (unpaired) electrons. The van der Waals surface area contributed by atoms with Crippen LogP contribution in [0.4, 0.5) is 0 Å². The number of rotatable bonds is 3. The maximum atomic E-state index is 8.14. The van der Waals surface area contributed by atoms with Crippen molar-refractivity contribution in [2.45, 2.75) is 0 Å². The van der Waals surface area contributed by atoms with E-state index in [0.29, 0.717) is 11.6 Å². The van der Waals surface area contributed by atoms with Gasteiger partial charge in [0.15, 0.2) is 0 Å². The molecule has 0 fully saturated rings. The van der Waals surface area contributed by atoms with Crippen molar-refractivity contribution < 1.29 is 0 Å². The summed E-state index contributed by atoms with van der Waals surface area (Å²) in [5.74, 6) is 0. The molecule has 84 valence electrons. The van der Waals surface area contributed by atoms with E-state index < -0.39 is 0 Å². The molecule has 2 aromatic rings. The summed E-state index contributed by atoms with van der Waals surface area (Å²) < 4.78 is 0. The Kier molecular flexibility index (Phi) is 3.60. The zero-order chi connectivity index (χ0) is 12.1. The predicted octanol–water partition coefficient (Wildman–Crippen LogP) is 4.21. The average molecular weight is 245 g/mol. The van der Waals surface area contributed by atoms with Crippen LogP contribution in [0.15, 0.2) is 41.7 Å². The molecule has 17 heavy (non-hydrogen) atoms. The van der Waals surface area contributed by atoms with Crippen LogP contribution < -0.4 is 0 Å². The Bertz CT molecular complexity index is 615. The number of benzene rings is 1. The first kappa shape index (κ1) is 11.5. The number of nitrogens with zero attached hydrogens (tertiary/aromatic N) is 4. The van der Waals surface area contributed by atoms with E-state index in [1.165, 1.54) is 0 Å². The Labute approximate surface area is 103 Å². The molecule has 0 saturated heterocycles. The van der Waals surface area contributed by atoms with Crippen LogP contribution in [-0.2, 0) is 0 Å². The molecule has 1 aromatic carbocycles. The summed E-state index contributed by atoms with van der Waals surface area (Å²) >= 11 is 6.08. The second-order valence-electron chi connectivity index (χ2n) is 3.39. The van der Waals surface area contributed by atoms with Gasteiger partial charge in [-0.25, -0.2) is 0 Å². The molecule has 1 heterocycles. The molecular formula is C12H9ClN4. The van der Waals surface area contributed by atoms with Crippen molar-refractivity contribution in [3.8, 4) is 0 Å². The lowest BCUT2D eigenvalue weighted by Crippen LogP contribution is -1.81. The van der Waals surface area contributed by atoms with Gasteiger partial charge in [0.05, 0.1) is 10.5 Å². The molecule has 4 nitrogen and oxygen atoms in total. The monoisotopic (exact) mass is 244 g/mol. The molecule has 0 aliphatic heterocycles. The Hall–Kier alpha value is -2.03. The van der Waals surface area contributed by atoms with E-state index in [1.54, 1.807) is 18.3 Å². The lowest BCUT2D eigenvalue weighted by molar-refractivity contribution is 1.22. The van der Waals surface area contributed by atoms with E-state index in [1.807, 2.05) is 24.3 Å². The Morgan fingerprint density at radius 3 is 3.12 bits per heavy atom. The molecule has 0 aliphatic rings. The van der Waals surface area contributed by atoms with Crippen LogP contribution in [-0.4, -0.2) is 11.5 Å². The smallest absolute Gasteiger partial charge is 0.0717 e. The van der Waals surface area contributed by atoms with Gasteiger partial charge in [0.25, 0.3) is 0 Å². The standard InChI is InChI=1S/C12H9ClN4/c13-11-5-7-15-12-4-3-9(8-10(11)12)2-1-6-16-17-14/h1-5,7-8H,6H2. The normalized spacial score (nSPS) is 10.6. The van der Waals surface area contributed by atoms with Gasteiger partial charge in [-0.1, -0.05) is 34.9 Å². The lowest BCUT2D eigenvalue weighted by atomic mass is 10.1. The number of pyridine rings is 1. The first-order valence-electron chi connectivity index (χ1n) is 5.03. The highest BCUT2D eigenvalue weighted by Crippen LogP contribution is 2.22. The Balaban J connectivity index is 2.34. The van der Waals surface area contributed by atoms with Gasteiger partial charge in [-0.05, 0) is 29.3 Å². The van der Waals surface area contributed by atoms with Crippen molar-refractivity contribution in [1.82, 2.24) is 4.98 Å². The fraction of sp³-hybridized carbons (Fsp3) is 0.0833. The highest BCUT2D eigenvalue weighted by atomic mass is 35.5. The van der Waals surface area contributed by atoms with E-state index in [2.05, 4.69) is 15.0 Å². The van der Waals surface area contributed by atoms with Gasteiger partial charge in [0.2, 0.25) is 0 Å². The van der Waals surface area contributed by atoms with Gasteiger partial charge in [-0.2, -0.15) is 0 Å². The minimum absolute atomic E-state index is 0.343. The molecule has 0 atom stereocenters. The summed E-state index contributed by atoms with van der Waals surface area (Å²) in [6.45, 7) is 0.343. The first-order valence-corrected chi connectivity index (χ1v) is 5.41. The summed E-state index contributed by atoms with van der Waals surface area (Å²) in [5.41, 5.74) is 10.0. The number of azide groups is 1. The molecule has 2 rings (SSSR count). The van der Waals surface area contributed by atoms with Crippen molar-refractivity contribution >= 4 is 28.6 Å². The number of hydrogen-bond acceptors (Lipinski definition) is 2. The van der Waals surface area contributed by atoms with E-state index in [-0.39, 0.29) is 0 Å². The van der Waals surface area contributed by atoms with E-state index in [9.17, 15) is 0 Å². The highest BCUT2D eigenvalue weighted by molar-refractivity contribution is 6.35. The lowest BCUT2D eigenvalue weighted by Gasteiger charge is -2.00. The molecule has 0 spiro atoms. The van der Waals surface area contributed by atoms with E-state index in [4.69, 9.17) is 17.1 Å². The summed E-state index contributed by atoms with van der Waals surface area (Å²) in [4.78, 5) is 6.89. The van der Waals surface area contributed by atoms with Crippen LogP contribution in [0.3, 0.4) is 0 Å². The third-order valence-corrected chi connectivity index (χ3v) is 2.60. The van der Waals surface area contributed by atoms with Gasteiger partial charge in [0, 0.05) is 23.0 Å². The molecule has 0 aliphatic carbocycles. The third kappa shape index (κ3) is 2.75. The number of aromatic nitrogens is 1. The van der Waals surface area contributed by atoms with Crippen LogP contribution >= 0.6 is 11.6 Å². The van der Waals surface area contributed by atoms with Crippen LogP contribution in [0.5, 0.6) is 0 Å². The van der Waals surface area contributed by atoms with Gasteiger partial charge >= 0.3 is 0 Å². The summed E-state index contributed by atoms with van der Waals surface area (Å²) in [6.07, 6.45) is 5.37. The van der Waals surface area contributed by atoms with Crippen LogP contribution in [0, 0.1) is 0 Å². The van der Waals surface area contributed by atoms with Crippen molar-refractivity contribution in [1.29, 1.82) is 0 Å². The third-order valence-electron chi connectivity index (χ3n) is 2.27. The molecule has 1 aromatic heterocycles. The molecule has 5 heteroatoms. The maximum Gasteiger partial charge on any atom is 0.0717 e. The quantitative estimate of drug-likeness (QED) is 0.453. The fourth-order valence-corrected chi connectivity index (χ4v) is 1.71. The van der Waals surface area contributed by atoms with Gasteiger partial charge in [-0.3, -0.25) is 4.98 Å². The number of hydrogen-bond donors (Lipinski definition) is 0. The van der Waals surface area contributed by atoms with Gasteiger partial charge in [0.1, 0.15) is 0 Å². The zero-order valence-electron chi connectivity index (χ0n) is 8.92. The van der Waals surface area contributed by atoms with Crippen LogP contribution in [0.25, 0.3) is 27.4 Å². The first-order chi connectivity index (χ1) is 8.31. The van der Waals surface area contributed by atoms with Crippen molar-refractivity contribution in [2.24, 2.45) is 5.11 Å². The second kappa shape index (κ2) is 5.34. The Morgan fingerprint density at radius 1 is 1.41 bits per heavy atom. The summed E-state index contributed by atoms with van der Waals surface area (Å²) in [5, 5.41) is 5.02. The van der Waals surface area contributed by atoms with Crippen molar-refractivity contribution in [2.75, 3.05) is 6.54 Å². The summed E-state index contributed by atoms with van der Waals surface area (Å²) in [6, 6.07) is 7.57. The molecule has 0 amide bonds. The van der Waals surface area contributed by atoms with E-state index >= 15 is 0 Å². The number of fused-ring (bicyclic) bond motifs is 1. The highest BCUT2D eigenvalue weighted by Gasteiger charge is 1.99. The van der Waals surface area contributed by atoms with Gasteiger partial charge in [-0.15, -0.1) is 0 Å². The van der Waals surface area contributed by atoms with E-state index in [0.717, 1.165) is 16.5 Å². The molecule has 0 bridgehead atoms.